The summed E-state index contributed by atoms with van der Waals surface area (Å²) >= 11 is 0. The predicted molar refractivity (Wildman–Crippen MR) is 78.3 cm³/mol. The number of carbonyl (C=O) groups is 1. The number of carbonyl (C=O) groups excluding carboxylic acids is 1. The van der Waals surface area contributed by atoms with Crippen molar-refractivity contribution >= 4 is 11.7 Å². The molecule has 4 nitrogen and oxygen atoms in total. The fourth-order valence-corrected chi connectivity index (χ4v) is 2.70. The summed E-state index contributed by atoms with van der Waals surface area (Å²) in [6.45, 7) is 7.96. The molecule has 1 fully saturated rings. The van der Waals surface area contributed by atoms with Gasteiger partial charge in [0.15, 0.2) is 0 Å². The number of nitrogens with two attached hydrogens (primary N) is 1. The van der Waals surface area contributed by atoms with Gasteiger partial charge in [-0.05, 0) is 45.4 Å². The standard InChI is InChI=1S/C16H23NO3/c1-15(2)10-13(16(3,4)20-15)19-14(18)9-11-5-7-12(17)8-6-11/h5-8,13H,9-10,17H2,1-4H3. The second kappa shape index (κ2) is 5.09. The van der Waals surface area contributed by atoms with Gasteiger partial charge >= 0.3 is 5.97 Å². The van der Waals surface area contributed by atoms with E-state index in [1.807, 2.05) is 39.8 Å². The number of hydrogen-bond acceptors (Lipinski definition) is 4. The molecule has 1 aliphatic rings. The van der Waals surface area contributed by atoms with Gasteiger partial charge in [-0.2, -0.15) is 0 Å². The first kappa shape index (κ1) is 14.9. The maximum atomic E-state index is 12.0. The van der Waals surface area contributed by atoms with Crippen LogP contribution in [0.25, 0.3) is 0 Å². The Bertz CT molecular complexity index is 491. The minimum absolute atomic E-state index is 0.209. The van der Waals surface area contributed by atoms with Crippen molar-refractivity contribution in [3.63, 3.8) is 0 Å². The van der Waals surface area contributed by atoms with Gasteiger partial charge in [-0.15, -0.1) is 0 Å². The summed E-state index contributed by atoms with van der Waals surface area (Å²) in [5.74, 6) is -0.228. The van der Waals surface area contributed by atoms with Crippen molar-refractivity contribution in [2.24, 2.45) is 0 Å². The summed E-state index contributed by atoms with van der Waals surface area (Å²) in [6, 6.07) is 7.26. The van der Waals surface area contributed by atoms with Crippen LogP contribution in [0, 0.1) is 0 Å². The van der Waals surface area contributed by atoms with Crippen molar-refractivity contribution in [3.8, 4) is 0 Å². The van der Waals surface area contributed by atoms with Gasteiger partial charge in [0.05, 0.1) is 12.0 Å². The Hall–Kier alpha value is -1.55. The molecule has 1 atom stereocenters. The average Bonchev–Trinajstić information content (AvgIpc) is 2.50. The Morgan fingerprint density at radius 2 is 1.90 bits per heavy atom. The van der Waals surface area contributed by atoms with Gasteiger partial charge in [-0.25, -0.2) is 0 Å². The highest BCUT2D eigenvalue weighted by molar-refractivity contribution is 5.73. The van der Waals surface area contributed by atoms with Crippen molar-refractivity contribution in [2.75, 3.05) is 5.73 Å². The second-order valence-corrected chi connectivity index (χ2v) is 6.57. The zero-order chi connectivity index (χ0) is 15.0. The monoisotopic (exact) mass is 277 g/mol. The molecule has 2 rings (SSSR count). The number of esters is 1. The van der Waals surface area contributed by atoms with Crippen LogP contribution in [0.1, 0.15) is 39.7 Å². The van der Waals surface area contributed by atoms with Gasteiger partial charge in [-0.1, -0.05) is 12.1 Å². The number of benzene rings is 1. The van der Waals surface area contributed by atoms with E-state index in [0.717, 1.165) is 5.56 Å². The molecule has 0 radical (unpaired) electrons. The quantitative estimate of drug-likeness (QED) is 0.681. The summed E-state index contributed by atoms with van der Waals surface area (Å²) in [5.41, 5.74) is 6.52. The van der Waals surface area contributed by atoms with Gasteiger partial charge in [-0.3, -0.25) is 4.79 Å². The molecule has 110 valence electrons. The van der Waals surface area contributed by atoms with Crippen LogP contribution in [0.15, 0.2) is 24.3 Å². The first-order valence-corrected chi connectivity index (χ1v) is 6.92. The number of nitrogen functional groups attached to an aromatic ring is 1. The molecule has 2 N–H and O–H groups in total. The highest BCUT2D eigenvalue weighted by Gasteiger charge is 2.48. The van der Waals surface area contributed by atoms with E-state index in [2.05, 4.69) is 0 Å². The molecule has 1 saturated heterocycles. The summed E-state index contributed by atoms with van der Waals surface area (Å²) < 4.78 is 11.5. The summed E-state index contributed by atoms with van der Waals surface area (Å²) in [4.78, 5) is 12.0. The minimum Gasteiger partial charge on any atom is -0.459 e. The lowest BCUT2D eigenvalue weighted by atomic mass is 9.97. The van der Waals surface area contributed by atoms with E-state index in [0.29, 0.717) is 12.1 Å². The minimum atomic E-state index is -0.444. The molecule has 1 aromatic rings. The number of rotatable bonds is 3. The molecular weight excluding hydrogens is 254 g/mol. The van der Waals surface area contributed by atoms with E-state index < -0.39 is 5.60 Å². The lowest BCUT2D eigenvalue weighted by Gasteiger charge is -2.26. The van der Waals surface area contributed by atoms with Gasteiger partial charge in [0, 0.05) is 12.1 Å². The lowest BCUT2D eigenvalue weighted by molar-refractivity contribution is -0.157. The van der Waals surface area contributed by atoms with Crippen LogP contribution in [-0.4, -0.2) is 23.3 Å². The topological polar surface area (TPSA) is 61.5 Å². The third-order valence-corrected chi connectivity index (χ3v) is 3.59. The van der Waals surface area contributed by atoms with E-state index in [9.17, 15) is 4.79 Å². The van der Waals surface area contributed by atoms with Crippen molar-refractivity contribution in [2.45, 2.75) is 57.8 Å². The van der Waals surface area contributed by atoms with Crippen LogP contribution in [0.5, 0.6) is 0 Å². The zero-order valence-corrected chi connectivity index (χ0v) is 12.6. The maximum Gasteiger partial charge on any atom is 0.310 e. The highest BCUT2D eigenvalue weighted by Crippen LogP contribution is 2.39. The van der Waals surface area contributed by atoms with Gasteiger partial charge in [0.2, 0.25) is 0 Å². The zero-order valence-electron chi connectivity index (χ0n) is 12.6. The van der Waals surface area contributed by atoms with Crippen LogP contribution in [0.4, 0.5) is 5.69 Å². The molecule has 0 bridgehead atoms. The smallest absolute Gasteiger partial charge is 0.310 e. The van der Waals surface area contributed by atoms with Crippen molar-refractivity contribution in [1.29, 1.82) is 0 Å². The normalized spacial score (nSPS) is 23.5. The Balaban J connectivity index is 1.96. The molecule has 1 aromatic carbocycles. The molecule has 1 unspecified atom stereocenters. The SMILES string of the molecule is CC1(C)CC(OC(=O)Cc2ccc(N)cc2)C(C)(C)O1. The first-order chi connectivity index (χ1) is 9.18. The van der Waals surface area contributed by atoms with Gasteiger partial charge < -0.3 is 15.2 Å². The van der Waals surface area contributed by atoms with Crippen molar-refractivity contribution in [1.82, 2.24) is 0 Å². The third-order valence-electron chi connectivity index (χ3n) is 3.59. The van der Waals surface area contributed by atoms with Crippen molar-refractivity contribution < 1.29 is 14.3 Å². The van der Waals surface area contributed by atoms with Crippen molar-refractivity contribution in [3.05, 3.63) is 29.8 Å². The molecule has 0 aliphatic carbocycles. The van der Waals surface area contributed by atoms with Crippen LogP contribution >= 0.6 is 0 Å². The maximum absolute atomic E-state index is 12.0. The average molecular weight is 277 g/mol. The number of ether oxygens (including phenoxy) is 2. The molecule has 0 saturated carbocycles. The largest absolute Gasteiger partial charge is 0.459 e. The molecular formula is C16H23NO3. The second-order valence-electron chi connectivity index (χ2n) is 6.57. The fraction of sp³-hybridized carbons (Fsp3) is 0.562. The summed E-state index contributed by atoms with van der Waals surface area (Å²) in [7, 11) is 0. The third kappa shape index (κ3) is 3.51. The molecule has 4 heteroatoms. The Morgan fingerprint density at radius 3 is 2.40 bits per heavy atom. The lowest BCUT2D eigenvalue weighted by Crippen LogP contribution is -2.36. The highest BCUT2D eigenvalue weighted by atomic mass is 16.6. The number of anilines is 1. The summed E-state index contributed by atoms with van der Waals surface area (Å²) in [5, 5.41) is 0. The van der Waals surface area contributed by atoms with E-state index in [4.69, 9.17) is 15.2 Å². The van der Waals surface area contributed by atoms with E-state index >= 15 is 0 Å². The molecule has 1 heterocycles. The predicted octanol–water partition coefficient (Wildman–Crippen LogP) is 2.70. The van der Waals surface area contributed by atoms with Crippen LogP contribution in [-0.2, 0) is 20.7 Å². The molecule has 0 amide bonds. The number of hydrogen-bond donors (Lipinski definition) is 1. The van der Waals surface area contributed by atoms with Crippen LogP contribution < -0.4 is 5.73 Å². The van der Waals surface area contributed by atoms with E-state index in [1.54, 1.807) is 12.1 Å². The Morgan fingerprint density at radius 1 is 1.30 bits per heavy atom. The van der Waals surface area contributed by atoms with E-state index in [-0.39, 0.29) is 24.1 Å². The first-order valence-electron chi connectivity index (χ1n) is 6.92. The summed E-state index contributed by atoms with van der Waals surface area (Å²) in [6.07, 6.45) is 0.764. The van der Waals surface area contributed by atoms with E-state index in [1.165, 1.54) is 0 Å². The molecule has 0 aromatic heterocycles. The molecule has 1 aliphatic heterocycles. The van der Waals surface area contributed by atoms with Crippen LogP contribution in [0.2, 0.25) is 0 Å². The Kier molecular flexibility index (Phi) is 3.78. The fourth-order valence-electron chi connectivity index (χ4n) is 2.70. The van der Waals surface area contributed by atoms with Gasteiger partial charge in [0.25, 0.3) is 0 Å². The molecule has 20 heavy (non-hydrogen) atoms. The van der Waals surface area contributed by atoms with Gasteiger partial charge in [0.1, 0.15) is 11.7 Å². The Labute approximate surface area is 120 Å². The van der Waals surface area contributed by atoms with Crippen LogP contribution in [0.3, 0.4) is 0 Å². The molecule has 0 spiro atoms.